The number of aryl methyl sites for hydroxylation is 1. The number of nitrogens with zero attached hydrogens (tertiary/aromatic N) is 4. The summed E-state index contributed by atoms with van der Waals surface area (Å²) in [5, 5.41) is 4.14. The van der Waals surface area contributed by atoms with Gasteiger partial charge in [0.15, 0.2) is 11.1 Å². The highest BCUT2D eigenvalue weighted by Crippen LogP contribution is 2.41. The van der Waals surface area contributed by atoms with Crippen LogP contribution in [0, 0.1) is 11.7 Å². The first-order valence-electron chi connectivity index (χ1n) is 11.2. The molecular weight excluding hydrogens is 500 g/mol. The zero-order chi connectivity index (χ0) is 25.7. The number of oxime groups is 1. The molecule has 0 aliphatic carbocycles. The second-order valence-corrected chi connectivity index (χ2v) is 10.8. The lowest BCUT2D eigenvalue weighted by atomic mass is 9.83. The van der Waals surface area contributed by atoms with E-state index >= 15 is 0 Å². The fourth-order valence-corrected chi connectivity index (χ4v) is 6.14. The number of benzene rings is 2. The number of rotatable bonds is 5. The second-order valence-electron chi connectivity index (χ2n) is 8.96. The van der Waals surface area contributed by atoms with Crippen LogP contribution in [-0.4, -0.2) is 41.1 Å². The van der Waals surface area contributed by atoms with E-state index in [1.807, 2.05) is 0 Å². The molecule has 0 bridgehead atoms. The Hall–Kier alpha value is -3.25. The molecule has 12 heteroatoms. The Bertz CT molecular complexity index is 1390. The molecular formula is C24H22F4N4O3S. The lowest BCUT2D eigenvalue weighted by Gasteiger charge is -2.18. The van der Waals surface area contributed by atoms with Gasteiger partial charge < -0.3 is 9.40 Å². The molecule has 3 heterocycles. The lowest BCUT2D eigenvalue weighted by molar-refractivity contribution is -0.137. The van der Waals surface area contributed by atoms with Crippen LogP contribution in [0.4, 0.5) is 17.6 Å². The average molecular weight is 523 g/mol. The largest absolute Gasteiger partial charge is 0.416 e. The highest BCUT2D eigenvalue weighted by atomic mass is 32.2. The highest BCUT2D eigenvalue weighted by Gasteiger charge is 2.45. The third-order valence-electron chi connectivity index (χ3n) is 6.60. The summed E-state index contributed by atoms with van der Waals surface area (Å²) in [6.07, 6.45) is -1.90. The van der Waals surface area contributed by atoms with Crippen LogP contribution in [0.15, 0.2) is 71.2 Å². The summed E-state index contributed by atoms with van der Waals surface area (Å²) in [5.74, 6) is -1.10. The molecule has 0 N–H and O–H groups in total. The number of imidazole rings is 1. The number of alkyl halides is 3. The van der Waals surface area contributed by atoms with Gasteiger partial charge in [-0.25, -0.2) is 17.8 Å². The van der Waals surface area contributed by atoms with Gasteiger partial charge in [0.1, 0.15) is 5.82 Å². The molecule has 36 heavy (non-hydrogen) atoms. The number of hydrogen-bond acceptors (Lipinski definition) is 5. The minimum atomic E-state index is -4.44. The molecule has 1 saturated heterocycles. The molecule has 0 amide bonds. The van der Waals surface area contributed by atoms with Gasteiger partial charge in [0.2, 0.25) is 0 Å². The van der Waals surface area contributed by atoms with E-state index in [1.165, 1.54) is 41.1 Å². The van der Waals surface area contributed by atoms with Gasteiger partial charge in [-0.15, -0.1) is 0 Å². The van der Waals surface area contributed by atoms with Crippen molar-refractivity contribution in [1.82, 2.24) is 13.9 Å². The molecule has 3 atom stereocenters. The first kappa shape index (κ1) is 24.4. The van der Waals surface area contributed by atoms with Crippen LogP contribution < -0.4 is 0 Å². The van der Waals surface area contributed by atoms with Crippen molar-refractivity contribution in [2.75, 3.05) is 13.1 Å². The molecule has 1 unspecified atom stereocenters. The molecule has 0 spiro atoms. The maximum atomic E-state index is 13.6. The predicted octanol–water partition coefficient (Wildman–Crippen LogP) is 4.50. The molecule has 1 fully saturated rings. The molecule has 2 aliphatic heterocycles. The number of aromatic nitrogens is 2. The van der Waals surface area contributed by atoms with Crippen LogP contribution in [0.1, 0.15) is 35.1 Å². The number of halogens is 4. The van der Waals surface area contributed by atoms with Gasteiger partial charge in [-0.2, -0.15) is 17.5 Å². The van der Waals surface area contributed by atoms with Gasteiger partial charge in [0, 0.05) is 44.6 Å². The minimum Gasteiger partial charge on any atom is -0.387 e. The van der Waals surface area contributed by atoms with Crippen molar-refractivity contribution in [1.29, 1.82) is 0 Å². The van der Waals surface area contributed by atoms with E-state index in [2.05, 4.69) is 10.1 Å². The molecule has 1 aromatic heterocycles. The molecule has 0 radical (unpaired) electrons. The minimum absolute atomic E-state index is 0.0734. The van der Waals surface area contributed by atoms with E-state index in [9.17, 15) is 26.0 Å². The van der Waals surface area contributed by atoms with Crippen molar-refractivity contribution < 1.29 is 30.8 Å². The fraction of sp³-hybridized carbons (Fsp3) is 0.333. The molecule has 5 rings (SSSR count). The Morgan fingerprint density at radius 2 is 1.61 bits per heavy atom. The van der Waals surface area contributed by atoms with Crippen LogP contribution >= 0.6 is 0 Å². The van der Waals surface area contributed by atoms with E-state index in [0.717, 1.165) is 17.7 Å². The smallest absolute Gasteiger partial charge is 0.387 e. The molecule has 2 aromatic carbocycles. The van der Waals surface area contributed by atoms with Gasteiger partial charge in [0.05, 0.1) is 17.6 Å². The Balaban J connectivity index is 1.40. The van der Waals surface area contributed by atoms with Crippen molar-refractivity contribution in [3.63, 3.8) is 0 Å². The number of hydrogen-bond donors (Lipinski definition) is 0. The van der Waals surface area contributed by atoms with Gasteiger partial charge in [-0.1, -0.05) is 29.4 Å². The maximum Gasteiger partial charge on any atom is 0.416 e. The third kappa shape index (κ3) is 4.62. The topological polar surface area (TPSA) is 76.8 Å². The average Bonchev–Trinajstić information content (AvgIpc) is 3.59. The molecule has 7 nitrogen and oxygen atoms in total. The number of sulfonamides is 1. The first-order valence-corrected chi connectivity index (χ1v) is 12.6. The second kappa shape index (κ2) is 9.00. The normalized spacial score (nSPS) is 23.0. The summed E-state index contributed by atoms with van der Waals surface area (Å²) in [6.45, 7) is 0.252. The van der Waals surface area contributed by atoms with Crippen LogP contribution in [0.3, 0.4) is 0 Å². The summed E-state index contributed by atoms with van der Waals surface area (Å²) in [5.41, 5.74) is 1.14. The quantitative estimate of drug-likeness (QED) is 0.463. The van der Waals surface area contributed by atoms with Crippen LogP contribution in [0.5, 0.6) is 0 Å². The van der Waals surface area contributed by atoms with Crippen molar-refractivity contribution in [2.24, 2.45) is 18.1 Å². The van der Waals surface area contributed by atoms with Gasteiger partial charge in [-0.05, 0) is 35.4 Å². The monoisotopic (exact) mass is 522 g/mol. The first-order chi connectivity index (χ1) is 17.0. The van der Waals surface area contributed by atoms with E-state index in [0.29, 0.717) is 17.7 Å². The van der Waals surface area contributed by atoms with Gasteiger partial charge in [0.25, 0.3) is 10.0 Å². The van der Waals surface area contributed by atoms with Crippen molar-refractivity contribution >= 4 is 15.7 Å². The zero-order valence-corrected chi connectivity index (χ0v) is 19.9. The van der Waals surface area contributed by atoms with E-state index < -0.39 is 33.7 Å². The molecule has 0 saturated carbocycles. The van der Waals surface area contributed by atoms with E-state index in [-0.39, 0.29) is 30.0 Å². The van der Waals surface area contributed by atoms with E-state index in [4.69, 9.17) is 4.84 Å². The zero-order valence-electron chi connectivity index (χ0n) is 19.1. The molecule has 2 aliphatic rings. The van der Waals surface area contributed by atoms with Gasteiger partial charge in [-0.3, -0.25) is 0 Å². The van der Waals surface area contributed by atoms with Crippen molar-refractivity contribution in [2.45, 2.75) is 29.6 Å². The Labute approximate surface area is 205 Å². The summed E-state index contributed by atoms with van der Waals surface area (Å²) in [4.78, 5) is 9.55. The van der Waals surface area contributed by atoms with Crippen molar-refractivity contribution in [3.8, 4) is 0 Å². The van der Waals surface area contributed by atoms with Crippen LogP contribution in [0.2, 0.25) is 0 Å². The summed E-state index contributed by atoms with van der Waals surface area (Å²) >= 11 is 0. The van der Waals surface area contributed by atoms with Crippen LogP contribution in [-0.2, 0) is 28.1 Å². The summed E-state index contributed by atoms with van der Waals surface area (Å²) < 4.78 is 81.7. The Morgan fingerprint density at radius 1 is 0.972 bits per heavy atom. The Kier molecular flexibility index (Phi) is 6.11. The van der Waals surface area contributed by atoms with E-state index in [1.54, 1.807) is 23.7 Å². The predicted molar refractivity (Wildman–Crippen MR) is 122 cm³/mol. The SMILES string of the molecule is Cn1cnc(S(=O)(=O)N2C[C@@H](C3=NOC(c4ccc(C(F)(F)F)cc4)C3)[C@H](c3ccc(F)cc3)C2)c1. The standard InChI is InChI=1S/C24H22F4N4O3S/c1-31-13-23(29-14-31)36(33,34)32-11-19(15-4-8-18(25)9-5-15)20(12-32)21-10-22(35-30-21)16-2-6-17(7-3-16)24(26,27)28/h2-9,13-14,19-20,22H,10-12H2,1H3/t19-,20+,22?/m0/s1. The van der Waals surface area contributed by atoms with Gasteiger partial charge >= 0.3 is 6.18 Å². The summed E-state index contributed by atoms with van der Waals surface area (Å²) in [6, 6.07) is 10.6. The fourth-order valence-electron chi connectivity index (χ4n) is 4.68. The highest BCUT2D eigenvalue weighted by molar-refractivity contribution is 7.89. The Morgan fingerprint density at radius 3 is 2.22 bits per heavy atom. The maximum absolute atomic E-state index is 13.6. The van der Waals surface area contributed by atoms with Crippen molar-refractivity contribution in [3.05, 3.63) is 83.6 Å². The third-order valence-corrected chi connectivity index (χ3v) is 8.32. The lowest BCUT2D eigenvalue weighted by Crippen LogP contribution is -2.30. The molecule has 190 valence electrons. The molecule has 3 aromatic rings. The summed E-state index contributed by atoms with van der Waals surface area (Å²) in [7, 11) is -2.22. The van der Waals surface area contributed by atoms with Crippen LogP contribution in [0.25, 0.3) is 0 Å².